The second-order valence-corrected chi connectivity index (χ2v) is 7.44. The molecule has 0 saturated carbocycles. The third-order valence-corrected chi connectivity index (χ3v) is 4.98. The van der Waals surface area contributed by atoms with Gasteiger partial charge in [-0.05, 0) is 48.5 Å². The highest BCUT2D eigenvalue weighted by atomic mass is 32.2. The maximum absolute atomic E-state index is 12.5. The van der Waals surface area contributed by atoms with Crippen LogP contribution in [0.15, 0.2) is 53.4 Å². The van der Waals surface area contributed by atoms with Crippen LogP contribution in [0.4, 0.5) is 14.5 Å². The molecule has 0 aliphatic rings. The third-order valence-electron chi connectivity index (χ3n) is 3.58. The molecule has 0 atom stereocenters. The fraction of sp³-hybridized carbons (Fsp3) is 0.167. The van der Waals surface area contributed by atoms with Gasteiger partial charge in [-0.2, -0.15) is 8.78 Å². The normalized spacial score (nSPS) is 11.0. The number of esters is 2. The van der Waals surface area contributed by atoms with E-state index in [1.807, 2.05) is 0 Å². The number of hydrogen-bond donors (Lipinski definition) is 1. The Morgan fingerprint density at radius 2 is 1.45 bits per heavy atom. The average Bonchev–Trinajstić information content (AvgIpc) is 2.72. The van der Waals surface area contributed by atoms with Gasteiger partial charge in [0.2, 0.25) is 9.84 Å². The number of ether oxygens (including phenoxy) is 2. The number of carbonyl (C=O) groups is 3. The van der Waals surface area contributed by atoms with E-state index in [2.05, 4.69) is 10.1 Å². The number of alkyl halides is 2. The van der Waals surface area contributed by atoms with E-state index >= 15 is 0 Å². The Morgan fingerprint density at radius 1 is 0.931 bits per heavy atom. The molecule has 11 heteroatoms. The van der Waals surface area contributed by atoms with Crippen molar-refractivity contribution in [2.24, 2.45) is 0 Å². The van der Waals surface area contributed by atoms with Gasteiger partial charge in [-0.15, -0.1) is 0 Å². The van der Waals surface area contributed by atoms with Crippen molar-refractivity contribution >= 4 is 33.4 Å². The zero-order chi connectivity index (χ0) is 21.6. The molecule has 0 radical (unpaired) electrons. The zero-order valence-electron chi connectivity index (χ0n) is 14.9. The number of rotatable bonds is 7. The van der Waals surface area contributed by atoms with Gasteiger partial charge in [0.1, 0.15) is 0 Å². The summed E-state index contributed by atoms with van der Waals surface area (Å²) in [4.78, 5) is 34.4. The zero-order valence-corrected chi connectivity index (χ0v) is 15.7. The van der Waals surface area contributed by atoms with E-state index in [4.69, 9.17) is 4.74 Å². The fourth-order valence-electron chi connectivity index (χ4n) is 2.10. The lowest BCUT2D eigenvalue weighted by atomic mass is 10.2. The van der Waals surface area contributed by atoms with Crippen LogP contribution in [0.25, 0.3) is 0 Å². The maximum Gasteiger partial charge on any atom is 0.341 e. The van der Waals surface area contributed by atoms with Crippen molar-refractivity contribution in [1.82, 2.24) is 0 Å². The van der Waals surface area contributed by atoms with Crippen molar-refractivity contribution in [3.05, 3.63) is 59.7 Å². The van der Waals surface area contributed by atoms with Gasteiger partial charge < -0.3 is 14.8 Å². The first-order valence-corrected chi connectivity index (χ1v) is 9.47. The Hall–Kier alpha value is -3.34. The van der Waals surface area contributed by atoms with Crippen LogP contribution in [0, 0.1) is 0 Å². The minimum absolute atomic E-state index is 0.117. The fourth-order valence-corrected chi connectivity index (χ4v) is 2.82. The average molecular weight is 427 g/mol. The standard InChI is InChI=1S/C18H15F2NO7S/c1-27-16(23)11-2-6-13(7-3-11)21-15(22)10-28-17(24)12-4-8-14(9-5-12)29(25,26)18(19)20/h2-9,18H,10H2,1H3,(H,21,22). The van der Waals surface area contributed by atoms with Crippen molar-refractivity contribution in [2.45, 2.75) is 10.7 Å². The molecule has 1 amide bonds. The molecule has 2 aromatic rings. The van der Waals surface area contributed by atoms with Crippen molar-refractivity contribution in [3.63, 3.8) is 0 Å². The summed E-state index contributed by atoms with van der Waals surface area (Å²) in [5, 5.41) is 2.44. The second-order valence-electron chi connectivity index (χ2n) is 5.52. The molecule has 2 aromatic carbocycles. The van der Waals surface area contributed by atoms with Crippen molar-refractivity contribution in [3.8, 4) is 0 Å². The highest BCUT2D eigenvalue weighted by Gasteiger charge is 2.26. The van der Waals surface area contributed by atoms with E-state index in [-0.39, 0.29) is 11.1 Å². The highest BCUT2D eigenvalue weighted by molar-refractivity contribution is 7.91. The molecule has 0 fully saturated rings. The number of amides is 1. The van der Waals surface area contributed by atoms with Gasteiger partial charge in [0.05, 0.1) is 23.1 Å². The van der Waals surface area contributed by atoms with Crippen molar-refractivity contribution in [2.75, 3.05) is 19.0 Å². The summed E-state index contributed by atoms with van der Waals surface area (Å²) in [5.74, 6) is -5.72. The number of sulfone groups is 1. The molecule has 2 rings (SSSR count). The van der Waals surface area contributed by atoms with Crippen LogP contribution < -0.4 is 5.32 Å². The van der Waals surface area contributed by atoms with E-state index in [0.29, 0.717) is 5.69 Å². The minimum atomic E-state index is -4.77. The SMILES string of the molecule is COC(=O)c1ccc(NC(=O)COC(=O)c2ccc(S(=O)(=O)C(F)F)cc2)cc1. The maximum atomic E-state index is 12.5. The molecule has 1 N–H and O–H groups in total. The Morgan fingerprint density at radius 3 is 1.97 bits per heavy atom. The lowest BCUT2D eigenvalue weighted by molar-refractivity contribution is -0.119. The lowest BCUT2D eigenvalue weighted by Gasteiger charge is -2.08. The molecule has 0 aromatic heterocycles. The number of nitrogens with one attached hydrogen (secondary N) is 1. The van der Waals surface area contributed by atoms with Gasteiger partial charge in [0, 0.05) is 5.69 Å². The van der Waals surface area contributed by atoms with Gasteiger partial charge in [-0.25, -0.2) is 18.0 Å². The molecule has 8 nitrogen and oxygen atoms in total. The van der Waals surface area contributed by atoms with Gasteiger partial charge in [0.25, 0.3) is 5.91 Å². The molecule has 0 saturated heterocycles. The van der Waals surface area contributed by atoms with Crippen LogP contribution in [0.2, 0.25) is 0 Å². The number of carbonyl (C=O) groups excluding carboxylic acids is 3. The van der Waals surface area contributed by atoms with Crippen molar-refractivity contribution in [1.29, 1.82) is 0 Å². The Kier molecular flexibility index (Phi) is 6.99. The monoisotopic (exact) mass is 427 g/mol. The second kappa shape index (κ2) is 9.24. The summed E-state index contributed by atoms with van der Waals surface area (Å²) >= 11 is 0. The number of halogens is 2. The number of methoxy groups -OCH3 is 1. The molecule has 0 heterocycles. The predicted octanol–water partition coefficient (Wildman–Crippen LogP) is 2.27. The van der Waals surface area contributed by atoms with Crippen LogP contribution in [0.3, 0.4) is 0 Å². The molecule has 0 aliphatic heterocycles. The first-order valence-electron chi connectivity index (χ1n) is 7.92. The summed E-state index contributed by atoms with van der Waals surface area (Å²) in [7, 11) is -3.53. The third kappa shape index (κ3) is 5.57. The molecule has 0 spiro atoms. The minimum Gasteiger partial charge on any atom is -0.465 e. The smallest absolute Gasteiger partial charge is 0.341 e. The van der Waals surface area contributed by atoms with E-state index < -0.39 is 44.9 Å². The Labute approximate surface area is 164 Å². The predicted molar refractivity (Wildman–Crippen MR) is 96.3 cm³/mol. The van der Waals surface area contributed by atoms with E-state index in [1.165, 1.54) is 31.4 Å². The molecule has 29 heavy (non-hydrogen) atoms. The van der Waals surface area contributed by atoms with E-state index in [1.54, 1.807) is 0 Å². The van der Waals surface area contributed by atoms with Gasteiger partial charge in [-0.1, -0.05) is 0 Å². The largest absolute Gasteiger partial charge is 0.465 e. The number of hydrogen-bond acceptors (Lipinski definition) is 7. The quantitative estimate of drug-likeness (QED) is 0.674. The Balaban J connectivity index is 1.91. The molecule has 154 valence electrons. The lowest BCUT2D eigenvalue weighted by Crippen LogP contribution is -2.21. The molecule has 0 aliphatic carbocycles. The van der Waals surface area contributed by atoms with Crippen LogP contribution >= 0.6 is 0 Å². The van der Waals surface area contributed by atoms with Gasteiger partial charge >= 0.3 is 17.7 Å². The van der Waals surface area contributed by atoms with Crippen LogP contribution in [-0.2, 0) is 24.1 Å². The van der Waals surface area contributed by atoms with Gasteiger partial charge in [-0.3, -0.25) is 4.79 Å². The van der Waals surface area contributed by atoms with Gasteiger partial charge in [0.15, 0.2) is 6.61 Å². The summed E-state index contributed by atoms with van der Waals surface area (Å²) in [6.07, 6.45) is 0. The molecular formula is C18H15F2NO7S. The first kappa shape index (κ1) is 22.0. The van der Waals surface area contributed by atoms with E-state index in [9.17, 15) is 31.6 Å². The molecule has 0 bridgehead atoms. The van der Waals surface area contributed by atoms with Crippen molar-refractivity contribution < 1.29 is 41.1 Å². The van der Waals surface area contributed by atoms with Crippen LogP contribution in [0.5, 0.6) is 0 Å². The highest BCUT2D eigenvalue weighted by Crippen LogP contribution is 2.19. The van der Waals surface area contributed by atoms with Crippen LogP contribution in [0.1, 0.15) is 20.7 Å². The topological polar surface area (TPSA) is 116 Å². The molecule has 0 unspecified atom stereocenters. The summed E-state index contributed by atoms with van der Waals surface area (Å²) in [6.45, 7) is -0.644. The summed E-state index contributed by atoms with van der Waals surface area (Å²) < 4.78 is 57.0. The number of benzene rings is 2. The van der Waals surface area contributed by atoms with E-state index in [0.717, 1.165) is 24.3 Å². The summed E-state index contributed by atoms with van der Waals surface area (Å²) in [5.41, 5.74) is 0.517. The summed E-state index contributed by atoms with van der Waals surface area (Å²) in [6, 6.07) is 9.47. The first-order chi connectivity index (χ1) is 13.6. The van der Waals surface area contributed by atoms with Crippen LogP contribution in [-0.4, -0.2) is 45.7 Å². The molecular weight excluding hydrogens is 412 g/mol. The Bertz CT molecular complexity index is 1000. The number of anilines is 1.